The first kappa shape index (κ1) is 21.0. The second kappa shape index (κ2) is 9.21. The van der Waals surface area contributed by atoms with Gasteiger partial charge >= 0.3 is 11.9 Å². The molecule has 0 bridgehead atoms. The van der Waals surface area contributed by atoms with E-state index in [-0.39, 0.29) is 11.9 Å². The average Bonchev–Trinajstić information content (AvgIpc) is 3.16. The van der Waals surface area contributed by atoms with Crippen molar-refractivity contribution in [2.24, 2.45) is 0 Å². The highest BCUT2D eigenvalue weighted by Crippen LogP contribution is 2.33. The number of rotatable bonds is 2. The molecule has 0 saturated heterocycles. The van der Waals surface area contributed by atoms with Crippen molar-refractivity contribution in [2.45, 2.75) is 50.7 Å². The topological polar surface area (TPSA) is 113 Å². The molecule has 2 aliphatic rings. The molecular weight excluding hydrogens is 442 g/mol. The van der Waals surface area contributed by atoms with E-state index < -0.39 is 11.9 Å². The Morgan fingerprint density at radius 3 is 2.41 bits per heavy atom. The van der Waals surface area contributed by atoms with Crippen molar-refractivity contribution in [3.63, 3.8) is 0 Å². The third kappa shape index (κ3) is 4.84. The van der Waals surface area contributed by atoms with E-state index in [1.807, 2.05) is 35.0 Å². The summed E-state index contributed by atoms with van der Waals surface area (Å²) in [5.41, 5.74) is 2.14. The number of aliphatic carboxylic acids is 2. The summed E-state index contributed by atoms with van der Waals surface area (Å²) in [7, 11) is 0. The zero-order valence-corrected chi connectivity index (χ0v) is 17.3. The van der Waals surface area contributed by atoms with Crippen LogP contribution in [0, 0.1) is 0 Å². The van der Waals surface area contributed by atoms with Gasteiger partial charge in [0.1, 0.15) is 6.04 Å². The number of hydrogen-bond acceptors (Lipinski definition) is 4. The molecule has 154 valence electrons. The van der Waals surface area contributed by atoms with Gasteiger partial charge in [0.15, 0.2) is 0 Å². The van der Waals surface area contributed by atoms with E-state index in [4.69, 9.17) is 19.8 Å². The third-order valence-electron chi connectivity index (χ3n) is 5.24. The van der Waals surface area contributed by atoms with Crippen LogP contribution in [0.4, 0.5) is 0 Å². The van der Waals surface area contributed by atoms with Gasteiger partial charge in [0.25, 0.3) is 5.91 Å². The minimum absolute atomic E-state index is 0.209. The van der Waals surface area contributed by atoms with Crippen molar-refractivity contribution in [1.29, 1.82) is 0 Å². The SMILES string of the molecule is O=C(O)C(=O)O.O=C1C(c2cccc(Br)c2)n2cncc2CN1C1CCCCC1. The summed E-state index contributed by atoms with van der Waals surface area (Å²) in [6.45, 7) is 0.688. The van der Waals surface area contributed by atoms with Gasteiger partial charge in [-0.05, 0) is 30.5 Å². The lowest BCUT2D eigenvalue weighted by Crippen LogP contribution is -2.48. The number of carboxylic acids is 2. The van der Waals surface area contributed by atoms with Crippen LogP contribution < -0.4 is 0 Å². The Morgan fingerprint density at radius 1 is 1.10 bits per heavy atom. The molecule has 4 rings (SSSR count). The van der Waals surface area contributed by atoms with E-state index in [0.717, 1.165) is 28.6 Å². The number of nitrogens with zero attached hydrogens (tertiary/aromatic N) is 3. The zero-order chi connectivity index (χ0) is 21.0. The zero-order valence-electron chi connectivity index (χ0n) is 15.7. The summed E-state index contributed by atoms with van der Waals surface area (Å²) < 4.78 is 3.03. The van der Waals surface area contributed by atoms with E-state index in [1.54, 1.807) is 6.33 Å². The summed E-state index contributed by atoms with van der Waals surface area (Å²) in [6, 6.07) is 8.14. The summed E-state index contributed by atoms with van der Waals surface area (Å²) in [4.78, 5) is 37.8. The molecule has 1 aromatic carbocycles. The van der Waals surface area contributed by atoms with Gasteiger partial charge in [-0.1, -0.05) is 47.3 Å². The molecule has 1 fully saturated rings. The van der Waals surface area contributed by atoms with Crippen LogP contribution in [-0.2, 0) is 20.9 Å². The van der Waals surface area contributed by atoms with Gasteiger partial charge < -0.3 is 19.7 Å². The van der Waals surface area contributed by atoms with Crippen LogP contribution in [0.1, 0.15) is 49.4 Å². The van der Waals surface area contributed by atoms with Crippen molar-refractivity contribution in [1.82, 2.24) is 14.5 Å². The standard InChI is InChI=1S/C18H20BrN3O.C2H2O4/c19-14-6-4-5-13(9-14)17-18(23)21(15-7-2-1-3-8-15)11-16-10-20-12-22(16)17;3-1(4)2(5)6/h4-6,9-10,12,15,17H,1-3,7-8,11H2;(H,3,4)(H,5,6). The molecule has 2 N–H and O–H groups in total. The first-order valence-electron chi connectivity index (χ1n) is 9.41. The molecule has 0 radical (unpaired) electrons. The van der Waals surface area contributed by atoms with Gasteiger partial charge in [0, 0.05) is 16.7 Å². The Balaban J connectivity index is 0.000000353. The molecule has 0 spiro atoms. The number of amides is 1. The molecule has 1 unspecified atom stereocenters. The Morgan fingerprint density at radius 2 is 1.79 bits per heavy atom. The van der Waals surface area contributed by atoms with Gasteiger partial charge in [-0.25, -0.2) is 14.6 Å². The monoisotopic (exact) mass is 463 g/mol. The number of aromatic nitrogens is 2. The first-order chi connectivity index (χ1) is 13.9. The fourth-order valence-electron chi connectivity index (χ4n) is 3.90. The lowest BCUT2D eigenvalue weighted by Gasteiger charge is -2.40. The van der Waals surface area contributed by atoms with Crippen molar-refractivity contribution in [2.75, 3.05) is 0 Å². The molecule has 2 heterocycles. The smallest absolute Gasteiger partial charge is 0.414 e. The maximum absolute atomic E-state index is 13.3. The number of imidazole rings is 1. The number of halogens is 1. The van der Waals surface area contributed by atoms with E-state index in [1.165, 1.54) is 19.3 Å². The molecule has 1 atom stereocenters. The minimum Gasteiger partial charge on any atom is -0.473 e. The number of carbonyl (C=O) groups is 3. The minimum atomic E-state index is -1.82. The molecule has 1 aliphatic carbocycles. The second-order valence-corrected chi connectivity index (χ2v) is 8.03. The normalized spacial score (nSPS) is 19.1. The maximum atomic E-state index is 13.3. The second-order valence-electron chi connectivity index (χ2n) is 7.12. The largest absolute Gasteiger partial charge is 0.473 e. The van der Waals surface area contributed by atoms with Crippen LogP contribution in [0.25, 0.3) is 0 Å². The fourth-order valence-corrected chi connectivity index (χ4v) is 4.31. The van der Waals surface area contributed by atoms with Gasteiger partial charge in [-0.15, -0.1) is 0 Å². The van der Waals surface area contributed by atoms with Gasteiger partial charge in [0.05, 0.1) is 18.6 Å². The number of benzene rings is 1. The van der Waals surface area contributed by atoms with Gasteiger partial charge in [-0.3, -0.25) is 4.79 Å². The highest BCUT2D eigenvalue weighted by molar-refractivity contribution is 9.10. The summed E-state index contributed by atoms with van der Waals surface area (Å²) >= 11 is 3.52. The number of carboxylic acid groups (broad SMARTS) is 2. The number of fused-ring (bicyclic) bond motifs is 1. The highest BCUT2D eigenvalue weighted by Gasteiger charge is 2.37. The molecular formula is C20H22BrN3O5. The predicted octanol–water partition coefficient (Wildman–Crippen LogP) is 3.07. The molecule has 1 aromatic heterocycles. The Bertz CT molecular complexity index is 895. The van der Waals surface area contributed by atoms with E-state index in [0.29, 0.717) is 12.6 Å². The van der Waals surface area contributed by atoms with E-state index >= 15 is 0 Å². The highest BCUT2D eigenvalue weighted by atomic mass is 79.9. The summed E-state index contributed by atoms with van der Waals surface area (Å²) in [5, 5.41) is 14.8. The molecule has 2 aromatic rings. The predicted molar refractivity (Wildman–Crippen MR) is 107 cm³/mol. The van der Waals surface area contributed by atoms with Gasteiger partial charge in [0.2, 0.25) is 0 Å². The maximum Gasteiger partial charge on any atom is 0.414 e. The van der Waals surface area contributed by atoms with Crippen LogP contribution in [-0.4, -0.2) is 48.6 Å². The molecule has 8 nitrogen and oxygen atoms in total. The van der Waals surface area contributed by atoms with Crippen LogP contribution >= 0.6 is 15.9 Å². The van der Waals surface area contributed by atoms with Gasteiger partial charge in [-0.2, -0.15) is 0 Å². The Kier molecular flexibility index (Phi) is 6.68. The Labute approximate surface area is 176 Å². The fraction of sp³-hybridized carbons (Fsp3) is 0.400. The van der Waals surface area contributed by atoms with E-state index in [2.05, 4.69) is 25.8 Å². The van der Waals surface area contributed by atoms with Crippen molar-refractivity contribution in [3.8, 4) is 0 Å². The number of hydrogen-bond donors (Lipinski definition) is 2. The molecule has 29 heavy (non-hydrogen) atoms. The Hall–Kier alpha value is -2.68. The third-order valence-corrected chi connectivity index (χ3v) is 5.73. The van der Waals surface area contributed by atoms with Crippen LogP contribution in [0.15, 0.2) is 41.3 Å². The lowest BCUT2D eigenvalue weighted by atomic mass is 9.92. The van der Waals surface area contributed by atoms with Crippen molar-refractivity contribution >= 4 is 33.8 Å². The molecule has 1 aliphatic heterocycles. The van der Waals surface area contributed by atoms with E-state index in [9.17, 15) is 4.79 Å². The molecule has 9 heteroatoms. The van der Waals surface area contributed by atoms with Crippen molar-refractivity contribution in [3.05, 3.63) is 52.5 Å². The average molecular weight is 464 g/mol. The van der Waals surface area contributed by atoms with Crippen LogP contribution in [0.5, 0.6) is 0 Å². The quantitative estimate of drug-likeness (QED) is 0.661. The number of carbonyl (C=O) groups excluding carboxylic acids is 1. The summed E-state index contributed by atoms with van der Waals surface area (Å²) in [5.74, 6) is -3.44. The molecule has 1 amide bonds. The summed E-state index contributed by atoms with van der Waals surface area (Å²) in [6.07, 6.45) is 9.70. The lowest BCUT2D eigenvalue weighted by molar-refractivity contribution is -0.159. The van der Waals surface area contributed by atoms with Crippen LogP contribution in [0.3, 0.4) is 0 Å². The van der Waals surface area contributed by atoms with Crippen molar-refractivity contribution < 1.29 is 24.6 Å². The first-order valence-corrected chi connectivity index (χ1v) is 10.2. The van der Waals surface area contributed by atoms with Crippen LogP contribution in [0.2, 0.25) is 0 Å². The molecule has 1 saturated carbocycles.